The molecule has 0 fully saturated rings. The lowest BCUT2D eigenvalue weighted by molar-refractivity contribution is -0.274. The van der Waals surface area contributed by atoms with Crippen molar-refractivity contribution in [3.63, 3.8) is 0 Å². The van der Waals surface area contributed by atoms with Gasteiger partial charge in [0, 0.05) is 22.5 Å². The summed E-state index contributed by atoms with van der Waals surface area (Å²) in [7, 11) is 0. The van der Waals surface area contributed by atoms with Crippen molar-refractivity contribution in [1.82, 2.24) is 14.8 Å². The summed E-state index contributed by atoms with van der Waals surface area (Å²) in [4.78, 5) is 20.6. The average Bonchev–Trinajstić information content (AvgIpc) is 3.44. The Labute approximate surface area is 232 Å². The van der Waals surface area contributed by atoms with Crippen LogP contribution >= 0.6 is 0 Å². The molecule has 5 aromatic rings. The van der Waals surface area contributed by atoms with Crippen molar-refractivity contribution in [1.29, 1.82) is 0 Å². The third kappa shape index (κ3) is 7.06. The molecule has 4 aromatic carbocycles. The van der Waals surface area contributed by atoms with Crippen molar-refractivity contribution in [2.45, 2.75) is 6.36 Å². The Hall–Kier alpha value is -5.65. The van der Waals surface area contributed by atoms with E-state index in [0.29, 0.717) is 28.5 Å². The number of alkyl halides is 3. The minimum Gasteiger partial charge on any atom is -0.406 e. The van der Waals surface area contributed by atoms with Crippen LogP contribution in [-0.2, 0) is 0 Å². The molecular formula is C29H22F3N7O2. The summed E-state index contributed by atoms with van der Waals surface area (Å²) in [5.41, 5.74) is 10.2. The Morgan fingerprint density at radius 3 is 2.22 bits per heavy atom. The van der Waals surface area contributed by atoms with Gasteiger partial charge in [0.2, 0.25) is 5.96 Å². The number of carbonyl (C=O) groups excluding carboxylic acids is 1. The zero-order valence-electron chi connectivity index (χ0n) is 21.2. The highest BCUT2D eigenvalue weighted by Gasteiger charge is 2.31. The summed E-state index contributed by atoms with van der Waals surface area (Å²) < 4.78 is 42.4. The molecule has 9 nitrogen and oxygen atoms in total. The molecule has 0 aliphatic rings. The van der Waals surface area contributed by atoms with Gasteiger partial charge in [-0.1, -0.05) is 48.5 Å². The summed E-state index contributed by atoms with van der Waals surface area (Å²) in [6.07, 6.45) is -3.33. The second-order valence-electron chi connectivity index (χ2n) is 8.60. The maximum Gasteiger partial charge on any atom is 0.573 e. The number of benzene rings is 4. The van der Waals surface area contributed by atoms with Gasteiger partial charge in [-0.2, -0.15) is 4.99 Å². The number of carbonyl (C=O) groups is 1. The lowest BCUT2D eigenvalue weighted by Gasteiger charge is -2.11. The van der Waals surface area contributed by atoms with Gasteiger partial charge in [-0.25, -0.2) is 14.5 Å². The molecule has 1 aromatic heterocycles. The van der Waals surface area contributed by atoms with Gasteiger partial charge < -0.3 is 21.1 Å². The van der Waals surface area contributed by atoms with Crippen LogP contribution in [0.3, 0.4) is 0 Å². The predicted molar refractivity (Wildman–Crippen MR) is 150 cm³/mol. The molecule has 41 heavy (non-hydrogen) atoms. The minimum atomic E-state index is -4.77. The van der Waals surface area contributed by atoms with Crippen LogP contribution in [0.4, 0.5) is 29.3 Å². The van der Waals surface area contributed by atoms with Gasteiger partial charge in [0.25, 0.3) is 0 Å². The fourth-order valence-electron chi connectivity index (χ4n) is 3.91. The van der Waals surface area contributed by atoms with Gasteiger partial charge >= 0.3 is 12.4 Å². The standard InChI is InChI=1S/C29H22F3N7O2/c30-29(31,32)41-23-16-14-22(15-17-23)39-18-34-26(38-39)20-10-12-21(13-11-20)35-28(40)37-27(33)36-25-9-5-4-8-24(25)19-6-2-1-3-7-19/h1-18H,(H4,33,35,36,37,40). The summed E-state index contributed by atoms with van der Waals surface area (Å²) >= 11 is 0. The highest BCUT2D eigenvalue weighted by molar-refractivity contribution is 6.05. The zero-order valence-corrected chi connectivity index (χ0v) is 21.2. The molecule has 0 saturated carbocycles. The number of urea groups is 1. The third-order valence-corrected chi connectivity index (χ3v) is 5.72. The third-order valence-electron chi connectivity index (χ3n) is 5.72. The molecule has 12 heteroatoms. The zero-order chi connectivity index (χ0) is 28.8. The number of hydrogen-bond acceptors (Lipinski definition) is 4. The molecule has 0 aliphatic heterocycles. The van der Waals surface area contributed by atoms with E-state index >= 15 is 0 Å². The summed E-state index contributed by atoms with van der Waals surface area (Å²) in [6.45, 7) is 0. The van der Waals surface area contributed by atoms with Crippen LogP contribution < -0.4 is 21.1 Å². The van der Waals surface area contributed by atoms with E-state index in [1.807, 2.05) is 54.6 Å². The van der Waals surface area contributed by atoms with Crippen LogP contribution in [0.5, 0.6) is 5.75 Å². The Bertz CT molecular complexity index is 1670. The largest absolute Gasteiger partial charge is 0.573 e. The minimum absolute atomic E-state index is 0.0738. The molecule has 1 heterocycles. The van der Waals surface area contributed by atoms with E-state index in [4.69, 9.17) is 5.73 Å². The fraction of sp³-hybridized carbons (Fsp3) is 0.0345. The molecule has 2 amide bonds. The molecule has 0 radical (unpaired) electrons. The number of nitrogens with one attached hydrogen (secondary N) is 2. The Kier molecular flexibility index (Phi) is 7.63. The number of rotatable bonds is 6. The maximum atomic E-state index is 12.5. The van der Waals surface area contributed by atoms with Crippen LogP contribution in [0.2, 0.25) is 0 Å². The van der Waals surface area contributed by atoms with E-state index in [1.54, 1.807) is 24.3 Å². The number of aliphatic imine (C=N–C) groups is 1. The van der Waals surface area contributed by atoms with E-state index in [2.05, 4.69) is 30.4 Å². The average molecular weight is 558 g/mol. The summed E-state index contributed by atoms with van der Waals surface area (Å²) in [6, 6.07) is 28.6. The van der Waals surface area contributed by atoms with Crippen molar-refractivity contribution in [3.8, 4) is 34.0 Å². The number of nitrogens with zero attached hydrogens (tertiary/aromatic N) is 4. The van der Waals surface area contributed by atoms with Gasteiger partial charge in [-0.05, 0) is 60.2 Å². The van der Waals surface area contributed by atoms with Gasteiger partial charge in [0.15, 0.2) is 5.82 Å². The van der Waals surface area contributed by atoms with E-state index in [0.717, 1.165) is 11.1 Å². The van der Waals surface area contributed by atoms with E-state index in [-0.39, 0.29) is 11.7 Å². The first kappa shape index (κ1) is 26.9. The van der Waals surface area contributed by atoms with Crippen LogP contribution in [0.25, 0.3) is 28.2 Å². The highest BCUT2D eigenvalue weighted by Crippen LogP contribution is 2.27. The molecule has 206 valence electrons. The number of aromatic nitrogens is 3. The number of anilines is 2. The molecule has 0 aliphatic carbocycles. The molecule has 4 N–H and O–H groups in total. The molecule has 0 spiro atoms. The lowest BCUT2D eigenvalue weighted by atomic mass is 10.0. The van der Waals surface area contributed by atoms with Crippen molar-refractivity contribution >= 4 is 23.4 Å². The lowest BCUT2D eigenvalue weighted by Crippen LogP contribution is -2.25. The van der Waals surface area contributed by atoms with Gasteiger partial charge in [-0.15, -0.1) is 18.3 Å². The molecule has 5 rings (SSSR count). The number of hydrogen-bond donors (Lipinski definition) is 3. The molecule has 0 unspecified atom stereocenters. The summed E-state index contributed by atoms with van der Waals surface area (Å²) in [5, 5.41) is 9.99. The Balaban J connectivity index is 1.21. The summed E-state index contributed by atoms with van der Waals surface area (Å²) in [5.74, 6) is -0.0321. The first-order chi connectivity index (χ1) is 19.7. The first-order valence-corrected chi connectivity index (χ1v) is 12.2. The Morgan fingerprint density at radius 1 is 0.829 bits per heavy atom. The second kappa shape index (κ2) is 11.6. The van der Waals surface area contributed by atoms with Gasteiger partial charge in [-0.3, -0.25) is 0 Å². The van der Waals surface area contributed by atoms with Crippen LogP contribution in [-0.4, -0.2) is 33.1 Å². The smallest absolute Gasteiger partial charge is 0.406 e. The number of ether oxygens (including phenoxy) is 1. The predicted octanol–water partition coefficient (Wildman–Crippen LogP) is 6.46. The fourth-order valence-corrected chi connectivity index (χ4v) is 3.91. The van der Waals surface area contributed by atoms with Crippen LogP contribution in [0.1, 0.15) is 0 Å². The van der Waals surface area contributed by atoms with E-state index in [1.165, 1.54) is 35.3 Å². The number of amides is 2. The molecule has 0 bridgehead atoms. The number of guanidine groups is 1. The first-order valence-electron chi connectivity index (χ1n) is 12.2. The second-order valence-corrected chi connectivity index (χ2v) is 8.60. The quantitative estimate of drug-likeness (QED) is 0.163. The van der Waals surface area contributed by atoms with Gasteiger partial charge in [0.05, 0.1) is 5.69 Å². The molecule has 0 saturated heterocycles. The maximum absolute atomic E-state index is 12.5. The topological polar surface area (TPSA) is 119 Å². The van der Waals surface area contributed by atoms with Crippen molar-refractivity contribution < 1.29 is 22.7 Å². The molecular weight excluding hydrogens is 535 g/mol. The van der Waals surface area contributed by atoms with E-state index in [9.17, 15) is 18.0 Å². The van der Waals surface area contributed by atoms with Gasteiger partial charge in [0.1, 0.15) is 12.1 Å². The highest BCUT2D eigenvalue weighted by atomic mass is 19.4. The molecule has 0 atom stereocenters. The number of para-hydroxylation sites is 1. The number of nitrogens with two attached hydrogens (primary N) is 1. The monoisotopic (exact) mass is 557 g/mol. The number of halogens is 3. The van der Waals surface area contributed by atoms with Crippen molar-refractivity contribution in [2.75, 3.05) is 10.6 Å². The van der Waals surface area contributed by atoms with Crippen LogP contribution in [0.15, 0.2) is 114 Å². The van der Waals surface area contributed by atoms with Crippen LogP contribution in [0, 0.1) is 0 Å². The van der Waals surface area contributed by atoms with Crippen molar-refractivity contribution in [3.05, 3.63) is 109 Å². The SMILES string of the molecule is NC(=NC(=O)Nc1ccc(-c2ncn(-c3ccc(OC(F)(F)F)cc3)n2)cc1)Nc1ccccc1-c1ccccc1. The Morgan fingerprint density at radius 2 is 1.51 bits per heavy atom. The van der Waals surface area contributed by atoms with Crippen molar-refractivity contribution in [2.24, 2.45) is 10.7 Å². The normalized spacial score (nSPS) is 11.6. The van der Waals surface area contributed by atoms with E-state index < -0.39 is 12.4 Å².